The van der Waals surface area contributed by atoms with Gasteiger partial charge in [-0.1, -0.05) is 0 Å². The molecule has 0 spiro atoms. The molecule has 2 heterocycles. The second kappa shape index (κ2) is 5.34. The van der Waals surface area contributed by atoms with Crippen LogP contribution in [-0.2, 0) is 13.6 Å². The SMILES string of the molecule is CN(c1cc2c(cn1)ncn2C)c1c(F)cc(CN)cc1F. The van der Waals surface area contributed by atoms with E-state index < -0.39 is 11.6 Å². The highest BCUT2D eigenvalue weighted by molar-refractivity contribution is 5.78. The summed E-state index contributed by atoms with van der Waals surface area (Å²) in [7, 11) is 3.41. The highest BCUT2D eigenvalue weighted by atomic mass is 19.1. The van der Waals surface area contributed by atoms with Crippen molar-refractivity contribution < 1.29 is 8.78 Å². The Hall–Kier alpha value is -2.54. The lowest BCUT2D eigenvalue weighted by Crippen LogP contribution is -2.15. The summed E-state index contributed by atoms with van der Waals surface area (Å²) >= 11 is 0. The Balaban J connectivity index is 2.09. The van der Waals surface area contributed by atoms with Gasteiger partial charge in [0.05, 0.1) is 18.0 Å². The van der Waals surface area contributed by atoms with Crippen LogP contribution in [0.25, 0.3) is 11.0 Å². The second-order valence-electron chi connectivity index (χ2n) is 5.06. The molecule has 0 aliphatic heterocycles. The highest BCUT2D eigenvalue weighted by Crippen LogP contribution is 2.30. The van der Waals surface area contributed by atoms with Crippen molar-refractivity contribution >= 4 is 22.5 Å². The molecule has 0 bridgehead atoms. The molecule has 2 N–H and O–H groups in total. The van der Waals surface area contributed by atoms with Gasteiger partial charge in [0.25, 0.3) is 0 Å². The first-order valence-electron chi connectivity index (χ1n) is 6.70. The topological polar surface area (TPSA) is 60.0 Å². The molecule has 0 aliphatic rings. The summed E-state index contributed by atoms with van der Waals surface area (Å²) in [5.41, 5.74) is 7.22. The number of hydrogen-bond acceptors (Lipinski definition) is 4. The van der Waals surface area contributed by atoms with Crippen molar-refractivity contribution in [3.05, 3.63) is 47.9 Å². The van der Waals surface area contributed by atoms with E-state index in [1.807, 2.05) is 11.6 Å². The Morgan fingerprint density at radius 2 is 1.86 bits per heavy atom. The summed E-state index contributed by atoms with van der Waals surface area (Å²) in [6.45, 7) is 0.0804. The lowest BCUT2D eigenvalue weighted by molar-refractivity contribution is 0.580. The third-order valence-electron chi connectivity index (χ3n) is 3.59. The molecule has 1 aromatic carbocycles. The monoisotopic (exact) mass is 303 g/mol. The second-order valence-corrected chi connectivity index (χ2v) is 5.06. The van der Waals surface area contributed by atoms with Gasteiger partial charge in [0, 0.05) is 26.7 Å². The predicted octanol–water partition coefficient (Wildman–Crippen LogP) is 2.47. The van der Waals surface area contributed by atoms with E-state index in [0.717, 1.165) is 11.0 Å². The molecule has 22 heavy (non-hydrogen) atoms. The normalized spacial score (nSPS) is 11.1. The quantitative estimate of drug-likeness (QED) is 0.807. The van der Waals surface area contributed by atoms with Crippen LogP contribution in [0.2, 0.25) is 0 Å². The number of hydrogen-bond donors (Lipinski definition) is 1. The number of nitrogens with two attached hydrogens (primary N) is 1. The molecule has 0 saturated carbocycles. The lowest BCUT2D eigenvalue weighted by Gasteiger charge is -2.20. The van der Waals surface area contributed by atoms with Crippen molar-refractivity contribution in [1.29, 1.82) is 0 Å². The summed E-state index contributed by atoms with van der Waals surface area (Å²) < 4.78 is 30.2. The van der Waals surface area contributed by atoms with Gasteiger partial charge in [-0.3, -0.25) is 0 Å². The molecule has 0 atom stereocenters. The fourth-order valence-corrected chi connectivity index (χ4v) is 2.37. The highest BCUT2D eigenvalue weighted by Gasteiger charge is 2.18. The van der Waals surface area contributed by atoms with Gasteiger partial charge in [-0.15, -0.1) is 0 Å². The third-order valence-corrected chi connectivity index (χ3v) is 3.59. The van der Waals surface area contributed by atoms with Gasteiger partial charge in [-0.2, -0.15) is 0 Å². The minimum atomic E-state index is -0.671. The Morgan fingerprint density at radius 1 is 1.18 bits per heavy atom. The van der Waals surface area contributed by atoms with Crippen LogP contribution in [0.15, 0.2) is 30.7 Å². The van der Waals surface area contributed by atoms with E-state index in [-0.39, 0.29) is 12.2 Å². The summed E-state index contributed by atoms with van der Waals surface area (Å²) in [4.78, 5) is 9.75. The Labute approximate surface area is 126 Å². The van der Waals surface area contributed by atoms with Crippen LogP contribution in [0.3, 0.4) is 0 Å². The fourth-order valence-electron chi connectivity index (χ4n) is 2.37. The number of pyridine rings is 1. The smallest absolute Gasteiger partial charge is 0.150 e. The molecule has 2 aromatic heterocycles. The molecule has 3 rings (SSSR count). The number of aryl methyl sites for hydroxylation is 1. The zero-order chi connectivity index (χ0) is 15.9. The molecular weight excluding hydrogens is 288 g/mol. The number of anilines is 2. The summed E-state index contributed by atoms with van der Waals surface area (Å²) in [5.74, 6) is -0.917. The summed E-state index contributed by atoms with van der Waals surface area (Å²) in [6.07, 6.45) is 3.23. The van der Waals surface area contributed by atoms with Crippen molar-refractivity contribution in [2.45, 2.75) is 6.54 Å². The van der Waals surface area contributed by atoms with E-state index in [1.165, 1.54) is 17.0 Å². The molecule has 7 heteroatoms. The molecule has 114 valence electrons. The van der Waals surface area contributed by atoms with Crippen LogP contribution in [0.5, 0.6) is 0 Å². The van der Waals surface area contributed by atoms with E-state index in [4.69, 9.17) is 5.73 Å². The Morgan fingerprint density at radius 3 is 2.50 bits per heavy atom. The van der Waals surface area contributed by atoms with Gasteiger partial charge < -0.3 is 15.2 Å². The maximum atomic E-state index is 14.2. The van der Waals surface area contributed by atoms with Gasteiger partial charge in [0.15, 0.2) is 0 Å². The summed E-state index contributed by atoms with van der Waals surface area (Å²) in [6, 6.07) is 4.20. The standard InChI is InChI=1S/C15H15F2N5/c1-21-8-20-12-7-19-14(5-13(12)21)22(2)15-10(16)3-9(6-18)4-11(15)17/h3-5,7-8H,6,18H2,1-2H3. The van der Waals surface area contributed by atoms with Gasteiger partial charge in [-0.25, -0.2) is 18.7 Å². The zero-order valence-electron chi connectivity index (χ0n) is 12.2. The predicted molar refractivity (Wildman–Crippen MR) is 80.8 cm³/mol. The number of rotatable bonds is 3. The first kappa shape index (κ1) is 14.4. The van der Waals surface area contributed by atoms with E-state index in [1.54, 1.807) is 25.6 Å². The van der Waals surface area contributed by atoms with Crippen molar-refractivity contribution in [1.82, 2.24) is 14.5 Å². The Bertz CT molecular complexity index is 820. The van der Waals surface area contributed by atoms with Gasteiger partial charge in [0.2, 0.25) is 0 Å². The zero-order valence-corrected chi connectivity index (χ0v) is 12.2. The molecule has 0 radical (unpaired) electrons. The van der Waals surface area contributed by atoms with Crippen molar-refractivity contribution in [2.24, 2.45) is 12.8 Å². The molecule has 0 aliphatic carbocycles. The molecule has 0 fully saturated rings. The van der Waals surface area contributed by atoms with Crippen LogP contribution in [0.1, 0.15) is 5.56 Å². The number of fused-ring (bicyclic) bond motifs is 1. The molecule has 0 saturated heterocycles. The number of aromatic nitrogens is 3. The largest absolute Gasteiger partial charge is 0.334 e. The minimum absolute atomic E-state index is 0.0804. The Kier molecular flexibility index (Phi) is 3.50. The first-order valence-corrected chi connectivity index (χ1v) is 6.70. The average Bonchev–Trinajstić information content (AvgIpc) is 2.87. The van der Waals surface area contributed by atoms with Crippen LogP contribution in [-0.4, -0.2) is 21.6 Å². The van der Waals surface area contributed by atoms with Gasteiger partial charge >= 0.3 is 0 Å². The number of nitrogens with zero attached hydrogens (tertiary/aromatic N) is 4. The van der Waals surface area contributed by atoms with E-state index in [2.05, 4.69) is 9.97 Å². The molecule has 0 unspecified atom stereocenters. The van der Waals surface area contributed by atoms with Crippen molar-refractivity contribution in [2.75, 3.05) is 11.9 Å². The van der Waals surface area contributed by atoms with Crippen molar-refractivity contribution in [3.63, 3.8) is 0 Å². The molecular formula is C15H15F2N5. The van der Waals surface area contributed by atoms with Crippen LogP contribution >= 0.6 is 0 Å². The van der Waals surface area contributed by atoms with Crippen LogP contribution in [0.4, 0.5) is 20.3 Å². The van der Waals surface area contributed by atoms with E-state index >= 15 is 0 Å². The fraction of sp³-hybridized carbons (Fsp3) is 0.200. The number of benzene rings is 1. The first-order chi connectivity index (χ1) is 10.5. The van der Waals surface area contributed by atoms with E-state index in [0.29, 0.717) is 11.4 Å². The van der Waals surface area contributed by atoms with E-state index in [9.17, 15) is 8.78 Å². The molecule has 5 nitrogen and oxygen atoms in total. The lowest BCUT2D eigenvalue weighted by atomic mass is 10.1. The van der Waals surface area contributed by atoms with Gasteiger partial charge in [0.1, 0.15) is 28.7 Å². The molecule has 3 aromatic rings. The average molecular weight is 303 g/mol. The minimum Gasteiger partial charge on any atom is -0.334 e. The maximum absolute atomic E-state index is 14.2. The maximum Gasteiger partial charge on any atom is 0.150 e. The van der Waals surface area contributed by atoms with Gasteiger partial charge in [-0.05, 0) is 17.7 Å². The van der Waals surface area contributed by atoms with Crippen molar-refractivity contribution in [3.8, 4) is 0 Å². The number of halogens is 2. The third kappa shape index (κ3) is 2.29. The van der Waals surface area contributed by atoms with Crippen LogP contribution in [0, 0.1) is 11.6 Å². The summed E-state index contributed by atoms with van der Waals surface area (Å²) in [5, 5.41) is 0. The molecule has 0 amide bonds. The number of imidazole rings is 1. The van der Waals surface area contributed by atoms with Crippen LogP contribution < -0.4 is 10.6 Å².